The van der Waals surface area contributed by atoms with Gasteiger partial charge in [0.2, 0.25) is 0 Å². The lowest BCUT2D eigenvalue weighted by Gasteiger charge is -2.12. The number of carbonyl (C=O) groups is 2. The summed E-state index contributed by atoms with van der Waals surface area (Å²) in [6.45, 7) is -0.446. The Morgan fingerprint density at radius 2 is 1.76 bits per heavy atom. The van der Waals surface area contributed by atoms with Gasteiger partial charge in [0.1, 0.15) is 0 Å². The van der Waals surface area contributed by atoms with Crippen LogP contribution < -0.4 is 5.32 Å². The van der Waals surface area contributed by atoms with Crippen LogP contribution in [-0.4, -0.2) is 39.8 Å². The van der Waals surface area contributed by atoms with Gasteiger partial charge in [0.05, 0.1) is 6.54 Å². The van der Waals surface area contributed by atoms with E-state index in [-0.39, 0.29) is 0 Å². The first-order valence-electron chi connectivity index (χ1n) is 4.94. The van der Waals surface area contributed by atoms with Crippen molar-refractivity contribution in [3.63, 3.8) is 0 Å². The summed E-state index contributed by atoms with van der Waals surface area (Å²) in [6.07, 6.45) is -3.06. The fourth-order valence-electron chi connectivity index (χ4n) is 1.17. The lowest BCUT2D eigenvalue weighted by atomic mass is 10.1. The maximum Gasteiger partial charge on any atom is 0.334 e. The van der Waals surface area contributed by atoms with E-state index < -0.39 is 30.6 Å². The summed E-state index contributed by atoms with van der Waals surface area (Å²) in [7, 11) is 0. The minimum absolute atomic E-state index is 0.398. The third-order valence-electron chi connectivity index (χ3n) is 2.12. The Morgan fingerprint density at radius 3 is 2.29 bits per heavy atom. The molecule has 0 radical (unpaired) electrons. The predicted octanol–water partition coefficient (Wildman–Crippen LogP) is -0.718. The van der Waals surface area contributed by atoms with Gasteiger partial charge >= 0.3 is 5.97 Å². The van der Waals surface area contributed by atoms with Gasteiger partial charge in [-0.2, -0.15) is 0 Å². The Hall–Kier alpha value is -1.92. The van der Waals surface area contributed by atoms with Crippen LogP contribution in [0.1, 0.15) is 11.7 Å². The molecule has 1 aromatic carbocycles. The second kappa shape index (κ2) is 5.97. The Labute approximate surface area is 97.5 Å². The van der Waals surface area contributed by atoms with E-state index in [9.17, 15) is 14.7 Å². The lowest BCUT2D eigenvalue weighted by molar-refractivity contribution is -0.146. The topological polar surface area (TPSA) is 107 Å². The van der Waals surface area contributed by atoms with Gasteiger partial charge in [-0.3, -0.25) is 4.79 Å². The van der Waals surface area contributed by atoms with Crippen molar-refractivity contribution in [2.75, 3.05) is 6.54 Å². The van der Waals surface area contributed by atoms with Crippen LogP contribution in [0.4, 0.5) is 0 Å². The smallest absolute Gasteiger partial charge is 0.334 e. The second-order valence-electron chi connectivity index (χ2n) is 3.41. The normalized spacial score (nSPS) is 13.8. The molecule has 0 aliphatic rings. The van der Waals surface area contributed by atoms with Crippen LogP contribution in [0.2, 0.25) is 0 Å². The molecule has 0 aromatic heterocycles. The first kappa shape index (κ1) is 13.1. The van der Waals surface area contributed by atoms with E-state index in [2.05, 4.69) is 5.32 Å². The predicted molar refractivity (Wildman–Crippen MR) is 58.1 cm³/mol. The molecule has 0 spiro atoms. The van der Waals surface area contributed by atoms with E-state index in [0.29, 0.717) is 5.56 Å². The molecule has 17 heavy (non-hydrogen) atoms. The molecule has 1 rings (SSSR count). The Balaban J connectivity index is 2.51. The zero-order valence-electron chi connectivity index (χ0n) is 8.91. The Kier molecular flexibility index (Phi) is 4.62. The summed E-state index contributed by atoms with van der Waals surface area (Å²) < 4.78 is 0. The van der Waals surface area contributed by atoms with Crippen LogP contribution in [0.5, 0.6) is 0 Å². The number of benzene rings is 1. The summed E-state index contributed by atoms with van der Waals surface area (Å²) in [5.41, 5.74) is 0.398. The summed E-state index contributed by atoms with van der Waals surface area (Å²) in [4.78, 5) is 21.7. The van der Waals surface area contributed by atoms with E-state index >= 15 is 0 Å². The van der Waals surface area contributed by atoms with Crippen LogP contribution in [0.25, 0.3) is 0 Å². The fourth-order valence-corrected chi connectivity index (χ4v) is 1.17. The van der Waals surface area contributed by atoms with Gasteiger partial charge in [0.15, 0.2) is 12.2 Å². The zero-order valence-corrected chi connectivity index (χ0v) is 8.91. The van der Waals surface area contributed by atoms with Crippen molar-refractivity contribution in [1.82, 2.24) is 5.32 Å². The SMILES string of the molecule is O=C(O)C(O)CNC(=O)C(O)c1ccccc1. The van der Waals surface area contributed by atoms with Crippen LogP contribution >= 0.6 is 0 Å². The number of aliphatic hydroxyl groups excluding tert-OH is 2. The molecule has 0 bridgehead atoms. The number of aliphatic carboxylic acids is 1. The molecule has 6 nitrogen and oxygen atoms in total. The maximum absolute atomic E-state index is 11.4. The van der Waals surface area contributed by atoms with E-state index in [1.165, 1.54) is 0 Å². The monoisotopic (exact) mass is 239 g/mol. The standard InChI is InChI=1S/C11H13NO5/c13-8(11(16)17)6-12-10(15)9(14)7-4-2-1-3-5-7/h1-5,8-9,13-14H,6H2,(H,12,15)(H,16,17). The first-order valence-corrected chi connectivity index (χ1v) is 4.94. The maximum atomic E-state index is 11.4. The lowest BCUT2D eigenvalue weighted by Crippen LogP contribution is -2.38. The van der Waals surface area contributed by atoms with E-state index in [0.717, 1.165) is 0 Å². The van der Waals surface area contributed by atoms with Crippen molar-refractivity contribution in [2.45, 2.75) is 12.2 Å². The number of carboxylic acids is 1. The molecule has 1 aromatic rings. The van der Waals surface area contributed by atoms with Gasteiger partial charge in [-0.15, -0.1) is 0 Å². The molecule has 92 valence electrons. The number of hydrogen-bond acceptors (Lipinski definition) is 4. The summed E-state index contributed by atoms with van der Waals surface area (Å²) in [5.74, 6) is -2.18. The average molecular weight is 239 g/mol. The Morgan fingerprint density at radius 1 is 1.18 bits per heavy atom. The van der Waals surface area contributed by atoms with Gasteiger partial charge in [0.25, 0.3) is 5.91 Å². The molecule has 0 aliphatic carbocycles. The average Bonchev–Trinajstić information content (AvgIpc) is 2.35. The van der Waals surface area contributed by atoms with Crippen LogP contribution in [0.15, 0.2) is 30.3 Å². The molecule has 1 amide bonds. The zero-order chi connectivity index (χ0) is 12.8. The van der Waals surface area contributed by atoms with Crippen molar-refractivity contribution in [3.8, 4) is 0 Å². The number of carboxylic acid groups (broad SMARTS) is 1. The van der Waals surface area contributed by atoms with Crippen molar-refractivity contribution < 1.29 is 24.9 Å². The highest BCUT2D eigenvalue weighted by molar-refractivity contribution is 5.82. The summed E-state index contributed by atoms with van der Waals surface area (Å²) in [5, 5.41) is 29.1. The molecule has 0 saturated heterocycles. The highest BCUT2D eigenvalue weighted by Gasteiger charge is 2.19. The van der Waals surface area contributed by atoms with E-state index in [1.54, 1.807) is 30.3 Å². The van der Waals surface area contributed by atoms with Gasteiger partial charge in [-0.25, -0.2) is 4.79 Å². The molecule has 0 heterocycles. The summed E-state index contributed by atoms with van der Waals surface area (Å²) >= 11 is 0. The molecule has 0 saturated carbocycles. The van der Waals surface area contributed by atoms with Crippen LogP contribution in [0, 0.1) is 0 Å². The van der Waals surface area contributed by atoms with Gasteiger partial charge < -0.3 is 20.6 Å². The number of nitrogens with one attached hydrogen (secondary N) is 1. The number of carbonyl (C=O) groups excluding carboxylic acids is 1. The third kappa shape index (κ3) is 3.86. The van der Waals surface area contributed by atoms with Gasteiger partial charge in [-0.1, -0.05) is 30.3 Å². The van der Waals surface area contributed by atoms with Crippen LogP contribution in [-0.2, 0) is 9.59 Å². The second-order valence-corrected chi connectivity index (χ2v) is 3.41. The fraction of sp³-hybridized carbons (Fsp3) is 0.273. The summed E-state index contributed by atoms with van der Waals surface area (Å²) in [6, 6.07) is 8.20. The third-order valence-corrected chi connectivity index (χ3v) is 2.12. The number of hydrogen-bond donors (Lipinski definition) is 4. The molecule has 2 atom stereocenters. The quantitative estimate of drug-likeness (QED) is 0.542. The van der Waals surface area contributed by atoms with Gasteiger partial charge in [0, 0.05) is 0 Å². The largest absolute Gasteiger partial charge is 0.479 e. The minimum atomic E-state index is -1.68. The highest BCUT2D eigenvalue weighted by atomic mass is 16.4. The molecule has 0 fully saturated rings. The van der Waals surface area contributed by atoms with Crippen molar-refractivity contribution in [1.29, 1.82) is 0 Å². The van der Waals surface area contributed by atoms with Crippen LogP contribution in [0.3, 0.4) is 0 Å². The molecule has 0 aliphatic heterocycles. The van der Waals surface area contributed by atoms with E-state index in [1.807, 2.05) is 0 Å². The number of rotatable bonds is 5. The molecule has 6 heteroatoms. The molecular formula is C11H13NO5. The van der Waals surface area contributed by atoms with Crippen molar-refractivity contribution >= 4 is 11.9 Å². The minimum Gasteiger partial charge on any atom is -0.479 e. The molecular weight excluding hydrogens is 226 g/mol. The molecule has 2 unspecified atom stereocenters. The van der Waals surface area contributed by atoms with Gasteiger partial charge in [-0.05, 0) is 5.56 Å². The number of aliphatic hydroxyl groups is 2. The molecule has 4 N–H and O–H groups in total. The highest BCUT2D eigenvalue weighted by Crippen LogP contribution is 2.11. The Bertz CT molecular complexity index is 392. The van der Waals surface area contributed by atoms with Crippen molar-refractivity contribution in [3.05, 3.63) is 35.9 Å². The van der Waals surface area contributed by atoms with Crippen molar-refractivity contribution in [2.24, 2.45) is 0 Å². The number of amides is 1. The first-order chi connectivity index (χ1) is 8.02. The van der Waals surface area contributed by atoms with E-state index in [4.69, 9.17) is 10.2 Å².